The lowest BCUT2D eigenvalue weighted by atomic mass is 10.3. The number of halogens is 1. The van der Waals surface area contributed by atoms with Crippen molar-refractivity contribution < 1.29 is 4.42 Å². The highest BCUT2D eigenvalue weighted by Gasteiger charge is 2.03. The van der Waals surface area contributed by atoms with E-state index >= 15 is 0 Å². The predicted molar refractivity (Wildman–Crippen MR) is 71.9 cm³/mol. The Morgan fingerprint density at radius 1 is 1.33 bits per heavy atom. The summed E-state index contributed by atoms with van der Waals surface area (Å²) in [5.41, 5.74) is 0. The van der Waals surface area contributed by atoms with Crippen molar-refractivity contribution >= 4 is 17.4 Å². The molecule has 0 bridgehead atoms. The van der Waals surface area contributed by atoms with Gasteiger partial charge in [0.05, 0.1) is 6.26 Å². The average Bonchev–Trinajstić information content (AvgIpc) is 2.82. The number of aryl methyl sites for hydroxylation is 1. The van der Waals surface area contributed by atoms with Crippen molar-refractivity contribution in [2.75, 3.05) is 11.9 Å². The SMILES string of the molecule is CCCc1nc(Cl)cc(NCCc2ccco2)n1. The number of nitrogens with zero attached hydrogens (tertiary/aromatic N) is 2. The van der Waals surface area contributed by atoms with Gasteiger partial charge < -0.3 is 9.73 Å². The molecule has 0 aliphatic heterocycles. The monoisotopic (exact) mass is 265 g/mol. The van der Waals surface area contributed by atoms with Gasteiger partial charge in [-0.05, 0) is 18.6 Å². The van der Waals surface area contributed by atoms with Gasteiger partial charge in [-0.1, -0.05) is 18.5 Å². The molecular formula is C13H16ClN3O. The Morgan fingerprint density at radius 2 is 2.22 bits per heavy atom. The standard InChI is InChI=1S/C13H16ClN3O/c1-2-4-12-16-11(14)9-13(17-12)15-7-6-10-5-3-8-18-10/h3,5,8-9H,2,4,6-7H2,1H3,(H,15,16,17). The zero-order valence-electron chi connectivity index (χ0n) is 10.3. The normalized spacial score (nSPS) is 10.6. The van der Waals surface area contributed by atoms with Gasteiger partial charge in [0.1, 0.15) is 22.6 Å². The van der Waals surface area contributed by atoms with Crippen LogP contribution in [-0.2, 0) is 12.8 Å². The minimum Gasteiger partial charge on any atom is -0.469 e. The first-order valence-electron chi connectivity index (χ1n) is 6.07. The molecule has 2 heterocycles. The van der Waals surface area contributed by atoms with E-state index < -0.39 is 0 Å². The molecule has 2 aromatic heterocycles. The van der Waals surface area contributed by atoms with E-state index in [1.165, 1.54) is 0 Å². The van der Waals surface area contributed by atoms with Crippen molar-refractivity contribution in [2.45, 2.75) is 26.2 Å². The number of furan rings is 1. The first-order valence-corrected chi connectivity index (χ1v) is 6.45. The van der Waals surface area contributed by atoms with Crippen LogP contribution < -0.4 is 5.32 Å². The summed E-state index contributed by atoms with van der Waals surface area (Å²) in [6, 6.07) is 5.58. The van der Waals surface area contributed by atoms with Crippen molar-refractivity contribution in [1.82, 2.24) is 9.97 Å². The number of nitrogens with one attached hydrogen (secondary N) is 1. The lowest BCUT2D eigenvalue weighted by Crippen LogP contribution is -2.08. The van der Waals surface area contributed by atoms with Crippen molar-refractivity contribution in [3.05, 3.63) is 41.2 Å². The number of anilines is 1. The van der Waals surface area contributed by atoms with E-state index in [0.717, 1.165) is 43.2 Å². The molecule has 0 radical (unpaired) electrons. The third kappa shape index (κ3) is 3.74. The molecule has 0 atom stereocenters. The summed E-state index contributed by atoms with van der Waals surface area (Å²) in [6.45, 7) is 2.85. The molecule has 0 amide bonds. The summed E-state index contributed by atoms with van der Waals surface area (Å²) >= 11 is 5.95. The molecule has 2 rings (SSSR count). The van der Waals surface area contributed by atoms with Crippen LogP contribution in [0, 0.1) is 0 Å². The van der Waals surface area contributed by atoms with Crippen molar-refractivity contribution in [3.8, 4) is 0 Å². The Balaban J connectivity index is 1.92. The highest BCUT2D eigenvalue weighted by Crippen LogP contribution is 2.12. The molecule has 5 heteroatoms. The van der Waals surface area contributed by atoms with E-state index in [-0.39, 0.29) is 0 Å². The first-order chi connectivity index (χ1) is 8.78. The molecule has 0 aliphatic carbocycles. The number of hydrogen-bond acceptors (Lipinski definition) is 4. The molecule has 1 N–H and O–H groups in total. The van der Waals surface area contributed by atoms with Gasteiger partial charge >= 0.3 is 0 Å². The minimum atomic E-state index is 0.481. The number of rotatable bonds is 6. The van der Waals surface area contributed by atoms with Gasteiger partial charge in [-0.25, -0.2) is 9.97 Å². The molecule has 0 aromatic carbocycles. The number of aromatic nitrogens is 2. The van der Waals surface area contributed by atoms with Gasteiger partial charge in [0, 0.05) is 25.5 Å². The Morgan fingerprint density at radius 3 is 2.94 bits per heavy atom. The highest BCUT2D eigenvalue weighted by atomic mass is 35.5. The van der Waals surface area contributed by atoms with Gasteiger partial charge in [-0.2, -0.15) is 0 Å². The van der Waals surface area contributed by atoms with Gasteiger partial charge in [0.25, 0.3) is 0 Å². The zero-order chi connectivity index (χ0) is 12.8. The Hall–Kier alpha value is -1.55. The highest BCUT2D eigenvalue weighted by molar-refractivity contribution is 6.29. The second-order valence-electron chi connectivity index (χ2n) is 4.00. The average molecular weight is 266 g/mol. The quantitative estimate of drug-likeness (QED) is 0.814. The van der Waals surface area contributed by atoms with Crippen molar-refractivity contribution in [3.63, 3.8) is 0 Å². The molecule has 0 aliphatic rings. The maximum atomic E-state index is 5.95. The van der Waals surface area contributed by atoms with Crippen LogP contribution in [0.25, 0.3) is 0 Å². The van der Waals surface area contributed by atoms with Crippen LogP contribution in [0.1, 0.15) is 24.9 Å². The van der Waals surface area contributed by atoms with E-state index in [2.05, 4.69) is 22.2 Å². The molecule has 2 aromatic rings. The molecule has 0 fully saturated rings. The van der Waals surface area contributed by atoms with Gasteiger partial charge in [0.2, 0.25) is 0 Å². The van der Waals surface area contributed by atoms with Crippen LogP contribution >= 0.6 is 11.6 Å². The summed E-state index contributed by atoms with van der Waals surface area (Å²) in [7, 11) is 0. The second kappa shape index (κ2) is 6.40. The van der Waals surface area contributed by atoms with Crippen molar-refractivity contribution in [2.24, 2.45) is 0 Å². The van der Waals surface area contributed by atoms with Crippen LogP contribution in [0.4, 0.5) is 5.82 Å². The van der Waals surface area contributed by atoms with E-state index in [1.807, 2.05) is 12.1 Å². The largest absolute Gasteiger partial charge is 0.469 e. The Labute approximate surface area is 111 Å². The van der Waals surface area contributed by atoms with Crippen LogP contribution in [0.2, 0.25) is 5.15 Å². The van der Waals surface area contributed by atoms with Crippen molar-refractivity contribution in [1.29, 1.82) is 0 Å². The van der Waals surface area contributed by atoms with E-state index in [9.17, 15) is 0 Å². The van der Waals surface area contributed by atoms with Crippen LogP contribution in [0.15, 0.2) is 28.9 Å². The smallest absolute Gasteiger partial charge is 0.134 e. The van der Waals surface area contributed by atoms with Gasteiger partial charge in [-0.3, -0.25) is 0 Å². The zero-order valence-corrected chi connectivity index (χ0v) is 11.1. The summed E-state index contributed by atoms with van der Waals surface area (Å²) in [5, 5.41) is 3.71. The molecule has 0 saturated heterocycles. The third-order valence-corrected chi connectivity index (χ3v) is 2.67. The first kappa shape index (κ1) is 12.9. The molecule has 0 unspecified atom stereocenters. The maximum Gasteiger partial charge on any atom is 0.134 e. The Kier molecular flexibility index (Phi) is 4.59. The third-order valence-electron chi connectivity index (χ3n) is 2.47. The van der Waals surface area contributed by atoms with E-state index in [0.29, 0.717) is 5.15 Å². The van der Waals surface area contributed by atoms with Crippen LogP contribution in [0.5, 0.6) is 0 Å². The molecule has 96 valence electrons. The van der Waals surface area contributed by atoms with Gasteiger partial charge in [0.15, 0.2) is 0 Å². The molecule has 18 heavy (non-hydrogen) atoms. The maximum absolute atomic E-state index is 5.95. The van der Waals surface area contributed by atoms with Gasteiger partial charge in [-0.15, -0.1) is 0 Å². The second-order valence-corrected chi connectivity index (χ2v) is 4.39. The van der Waals surface area contributed by atoms with E-state index in [1.54, 1.807) is 12.3 Å². The summed E-state index contributed by atoms with van der Waals surface area (Å²) < 4.78 is 5.26. The van der Waals surface area contributed by atoms with Crippen LogP contribution in [-0.4, -0.2) is 16.5 Å². The molecule has 0 spiro atoms. The fourth-order valence-corrected chi connectivity index (χ4v) is 1.86. The fourth-order valence-electron chi connectivity index (χ4n) is 1.66. The molecule has 0 saturated carbocycles. The van der Waals surface area contributed by atoms with E-state index in [4.69, 9.17) is 16.0 Å². The lowest BCUT2D eigenvalue weighted by molar-refractivity contribution is 0.513. The summed E-state index contributed by atoms with van der Waals surface area (Å²) in [5.74, 6) is 2.51. The Bertz CT molecular complexity index is 485. The van der Waals surface area contributed by atoms with Crippen LogP contribution in [0.3, 0.4) is 0 Å². The predicted octanol–water partition coefficient (Wildman–Crippen LogP) is 3.33. The topological polar surface area (TPSA) is 51.0 Å². The lowest BCUT2D eigenvalue weighted by Gasteiger charge is -2.06. The fraction of sp³-hybridized carbons (Fsp3) is 0.385. The minimum absolute atomic E-state index is 0.481. The summed E-state index contributed by atoms with van der Waals surface area (Å²) in [6.07, 6.45) is 4.34. The summed E-state index contributed by atoms with van der Waals surface area (Å²) in [4.78, 5) is 8.58. The molecular weight excluding hydrogens is 250 g/mol. The number of hydrogen-bond donors (Lipinski definition) is 1. The molecule has 4 nitrogen and oxygen atoms in total.